The third-order valence-corrected chi connectivity index (χ3v) is 4.94. The van der Waals surface area contributed by atoms with Gasteiger partial charge in [0.05, 0.1) is 26.1 Å². The van der Waals surface area contributed by atoms with E-state index in [1.165, 1.54) is 0 Å². The molecule has 0 bridgehead atoms. The number of hydrogen-bond acceptors (Lipinski definition) is 7. The zero-order valence-corrected chi connectivity index (χ0v) is 16.6. The fourth-order valence-electron chi connectivity index (χ4n) is 3.43. The average molecular weight is 397 g/mol. The topological polar surface area (TPSA) is 102 Å². The predicted octanol–water partition coefficient (Wildman–Crippen LogP) is 2.43. The van der Waals surface area contributed by atoms with Crippen molar-refractivity contribution in [2.24, 2.45) is 0 Å². The van der Waals surface area contributed by atoms with Crippen LogP contribution in [-0.2, 0) is 0 Å². The van der Waals surface area contributed by atoms with E-state index < -0.39 is 6.09 Å². The number of amides is 1. The highest BCUT2D eigenvalue weighted by Gasteiger charge is 2.22. The lowest BCUT2D eigenvalue weighted by Gasteiger charge is -2.12. The summed E-state index contributed by atoms with van der Waals surface area (Å²) in [6.07, 6.45) is 3.65. The molecule has 3 heterocycles. The van der Waals surface area contributed by atoms with Crippen LogP contribution in [0.1, 0.15) is 6.42 Å². The molecular formula is C20H23N5O4. The van der Waals surface area contributed by atoms with Crippen molar-refractivity contribution in [3.05, 3.63) is 30.6 Å². The molecule has 0 saturated carbocycles. The monoisotopic (exact) mass is 397 g/mol. The van der Waals surface area contributed by atoms with Crippen molar-refractivity contribution in [1.29, 1.82) is 0 Å². The van der Waals surface area contributed by atoms with Gasteiger partial charge in [0, 0.05) is 24.3 Å². The Balaban J connectivity index is 1.57. The summed E-state index contributed by atoms with van der Waals surface area (Å²) in [5.74, 6) is 1.56. The highest BCUT2D eigenvalue weighted by atomic mass is 16.6. The summed E-state index contributed by atoms with van der Waals surface area (Å²) in [6, 6.07) is 5.59. The van der Waals surface area contributed by atoms with Crippen molar-refractivity contribution in [2.75, 3.05) is 34.4 Å². The van der Waals surface area contributed by atoms with Crippen LogP contribution < -0.4 is 19.5 Å². The minimum atomic E-state index is -0.496. The first kappa shape index (κ1) is 19.0. The number of hydrogen-bond donors (Lipinski definition) is 2. The van der Waals surface area contributed by atoms with E-state index in [9.17, 15) is 4.79 Å². The molecule has 1 amide bonds. The molecule has 0 radical (unpaired) electrons. The number of aromatic nitrogens is 3. The highest BCUT2D eigenvalue weighted by molar-refractivity contribution is 5.84. The summed E-state index contributed by atoms with van der Waals surface area (Å²) in [7, 11) is 5.19. The second-order valence-corrected chi connectivity index (χ2v) is 6.96. The first-order valence-electron chi connectivity index (χ1n) is 9.31. The highest BCUT2D eigenvalue weighted by Crippen LogP contribution is 2.32. The molecule has 9 nitrogen and oxygen atoms in total. The standard InChI is InChI=1S/C20H23N5O4/c1-25-7-6-13(11-25)23-20(26)29-17-10-22-19-18(17)24-14(9-21-19)12-4-5-15(27-2)16(8-12)28-3/h4-5,8-10,13H,6-7,11H2,1-3H3,(H,21,22)(H,23,26). The number of carbonyl (C=O) groups excluding carboxylic acids is 1. The number of likely N-dealkylation sites (N-methyl/N-ethyl adjacent to an activating group) is 1. The molecule has 1 atom stereocenters. The fourth-order valence-corrected chi connectivity index (χ4v) is 3.43. The van der Waals surface area contributed by atoms with Crippen LogP contribution >= 0.6 is 0 Å². The first-order chi connectivity index (χ1) is 14.1. The molecule has 9 heteroatoms. The number of benzene rings is 1. The third kappa shape index (κ3) is 3.95. The van der Waals surface area contributed by atoms with Crippen molar-refractivity contribution in [3.8, 4) is 28.5 Å². The maximum absolute atomic E-state index is 12.3. The smallest absolute Gasteiger partial charge is 0.412 e. The summed E-state index contributed by atoms with van der Waals surface area (Å²) in [6.45, 7) is 1.77. The Bertz CT molecular complexity index is 1030. The molecule has 2 aromatic heterocycles. The van der Waals surface area contributed by atoms with Crippen LogP contribution in [0.5, 0.6) is 17.2 Å². The van der Waals surface area contributed by atoms with E-state index in [4.69, 9.17) is 14.2 Å². The minimum absolute atomic E-state index is 0.0890. The van der Waals surface area contributed by atoms with Crippen LogP contribution in [0, 0.1) is 0 Å². The lowest BCUT2D eigenvalue weighted by Crippen LogP contribution is -2.38. The molecule has 1 aliphatic rings. The van der Waals surface area contributed by atoms with Crippen LogP contribution in [0.15, 0.2) is 30.6 Å². The predicted molar refractivity (Wildman–Crippen MR) is 107 cm³/mol. The molecule has 3 aromatic rings. The molecule has 2 N–H and O–H groups in total. The van der Waals surface area contributed by atoms with Crippen LogP contribution in [0.2, 0.25) is 0 Å². The van der Waals surface area contributed by atoms with Crippen molar-refractivity contribution in [2.45, 2.75) is 12.5 Å². The lowest BCUT2D eigenvalue weighted by atomic mass is 10.1. The Morgan fingerprint density at radius 1 is 1.24 bits per heavy atom. The van der Waals surface area contributed by atoms with E-state index in [0.29, 0.717) is 34.1 Å². The van der Waals surface area contributed by atoms with Gasteiger partial charge in [-0.05, 0) is 38.2 Å². The maximum atomic E-state index is 12.3. The van der Waals surface area contributed by atoms with Gasteiger partial charge in [-0.25, -0.2) is 14.8 Å². The van der Waals surface area contributed by atoms with Crippen molar-refractivity contribution in [3.63, 3.8) is 0 Å². The van der Waals surface area contributed by atoms with Crippen LogP contribution in [0.4, 0.5) is 4.79 Å². The molecule has 1 aromatic carbocycles. The number of carbonyl (C=O) groups is 1. The van der Waals surface area contributed by atoms with Gasteiger partial charge in [0.15, 0.2) is 28.4 Å². The maximum Gasteiger partial charge on any atom is 0.412 e. The molecule has 1 unspecified atom stereocenters. The van der Waals surface area contributed by atoms with Gasteiger partial charge in [0.1, 0.15) is 0 Å². The summed E-state index contributed by atoms with van der Waals surface area (Å²) in [4.78, 5) is 26.4. The third-order valence-electron chi connectivity index (χ3n) is 4.94. The van der Waals surface area contributed by atoms with Crippen molar-refractivity contribution in [1.82, 2.24) is 25.2 Å². The summed E-state index contributed by atoms with van der Waals surface area (Å²) in [5.41, 5.74) is 2.46. The van der Waals surface area contributed by atoms with E-state index in [1.54, 1.807) is 32.7 Å². The number of likely N-dealkylation sites (tertiary alicyclic amines) is 1. The molecule has 0 spiro atoms. The Kier molecular flexibility index (Phi) is 5.22. The number of methoxy groups -OCH3 is 2. The molecule has 0 aliphatic carbocycles. The van der Waals surface area contributed by atoms with Crippen LogP contribution in [-0.4, -0.2) is 66.3 Å². The fraction of sp³-hybridized carbons (Fsp3) is 0.350. The SMILES string of the molecule is COc1ccc(-c2cnc3[nH]cc(OC(=O)NC4CCN(C)C4)c3n2)cc1OC. The minimum Gasteiger partial charge on any atom is -0.493 e. The Labute approximate surface area is 168 Å². The number of nitrogens with zero attached hydrogens (tertiary/aromatic N) is 3. The largest absolute Gasteiger partial charge is 0.493 e. The molecule has 1 aliphatic heterocycles. The number of nitrogens with one attached hydrogen (secondary N) is 2. The molecule has 4 rings (SSSR count). The molecule has 1 saturated heterocycles. The second kappa shape index (κ2) is 7.96. The summed E-state index contributed by atoms with van der Waals surface area (Å²) in [5, 5.41) is 2.89. The van der Waals surface area contributed by atoms with Crippen molar-refractivity contribution < 1.29 is 19.0 Å². The molecular weight excluding hydrogens is 374 g/mol. The number of ether oxygens (including phenoxy) is 3. The van der Waals surface area contributed by atoms with E-state index in [2.05, 4.69) is 25.2 Å². The van der Waals surface area contributed by atoms with Gasteiger partial charge in [-0.1, -0.05) is 0 Å². The Morgan fingerprint density at radius 3 is 2.79 bits per heavy atom. The number of rotatable bonds is 5. The van der Waals surface area contributed by atoms with Crippen molar-refractivity contribution >= 4 is 17.3 Å². The molecule has 1 fully saturated rings. The first-order valence-corrected chi connectivity index (χ1v) is 9.31. The number of fused-ring (bicyclic) bond motifs is 1. The number of H-pyrrole nitrogens is 1. The zero-order valence-electron chi connectivity index (χ0n) is 16.6. The van der Waals surface area contributed by atoms with E-state index in [1.807, 2.05) is 19.2 Å². The number of aromatic amines is 1. The Morgan fingerprint density at radius 2 is 2.07 bits per heavy atom. The molecule has 29 heavy (non-hydrogen) atoms. The van der Waals surface area contributed by atoms with Gasteiger partial charge in [-0.2, -0.15) is 0 Å². The van der Waals surface area contributed by atoms with E-state index >= 15 is 0 Å². The van der Waals surface area contributed by atoms with E-state index in [0.717, 1.165) is 25.1 Å². The quantitative estimate of drug-likeness (QED) is 0.682. The molecule has 152 valence electrons. The second-order valence-electron chi connectivity index (χ2n) is 6.96. The summed E-state index contributed by atoms with van der Waals surface area (Å²) < 4.78 is 16.1. The van der Waals surface area contributed by atoms with Crippen LogP contribution in [0.3, 0.4) is 0 Å². The van der Waals surface area contributed by atoms with Gasteiger partial charge in [-0.15, -0.1) is 0 Å². The average Bonchev–Trinajstić information content (AvgIpc) is 3.32. The van der Waals surface area contributed by atoms with Crippen LogP contribution in [0.25, 0.3) is 22.4 Å². The normalized spacial score (nSPS) is 16.7. The van der Waals surface area contributed by atoms with Gasteiger partial charge < -0.3 is 29.4 Å². The van der Waals surface area contributed by atoms with E-state index in [-0.39, 0.29) is 6.04 Å². The van der Waals surface area contributed by atoms with Gasteiger partial charge >= 0.3 is 6.09 Å². The Hall–Kier alpha value is -3.33. The lowest BCUT2D eigenvalue weighted by molar-refractivity contribution is 0.196. The zero-order chi connectivity index (χ0) is 20.4. The van der Waals surface area contributed by atoms with Gasteiger partial charge in [0.2, 0.25) is 0 Å². The van der Waals surface area contributed by atoms with Gasteiger partial charge in [-0.3, -0.25) is 0 Å². The van der Waals surface area contributed by atoms with Gasteiger partial charge in [0.25, 0.3) is 0 Å². The summed E-state index contributed by atoms with van der Waals surface area (Å²) >= 11 is 0.